The second-order valence-corrected chi connectivity index (χ2v) is 8.48. The summed E-state index contributed by atoms with van der Waals surface area (Å²) in [7, 11) is -0.860. The molecule has 0 unspecified atom stereocenters. The second-order valence-electron chi connectivity index (χ2n) is 6.57. The molecule has 0 aromatic heterocycles. The summed E-state index contributed by atoms with van der Waals surface area (Å²) in [4.78, 5) is 13.9. The van der Waals surface area contributed by atoms with E-state index in [0.717, 1.165) is 11.6 Å². The van der Waals surface area contributed by atoms with Crippen molar-refractivity contribution < 1.29 is 27.1 Å². The predicted molar refractivity (Wildman–Crippen MR) is 105 cm³/mol. The standard InChI is InChI=1S/C20H23FN2O5S/c1-27-16-8-7-15(18(14-16)28-2)13-20(24)22-9-11-23(12-10-22)29(25,26)19-6-4-3-5-17(19)21/h3-8,14H,9-13H2,1-2H3. The van der Waals surface area contributed by atoms with Crippen LogP contribution < -0.4 is 9.47 Å². The minimum absolute atomic E-state index is 0.113. The van der Waals surface area contributed by atoms with E-state index in [2.05, 4.69) is 0 Å². The van der Waals surface area contributed by atoms with E-state index in [1.807, 2.05) is 0 Å². The lowest BCUT2D eigenvalue weighted by Crippen LogP contribution is -2.51. The number of amides is 1. The van der Waals surface area contributed by atoms with Crippen LogP contribution in [0.3, 0.4) is 0 Å². The Morgan fingerprint density at radius 3 is 2.34 bits per heavy atom. The maximum absolute atomic E-state index is 13.9. The fraction of sp³-hybridized carbons (Fsp3) is 0.350. The Balaban J connectivity index is 1.65. The SMILES string of the molecule is COc1ccc(CC(=O)N2CCN(S(=O)(=O)c3ccccc3F)CC2)c(OC)c1. The third kappa shape index (κ3) is 4.51. The van der Waals surface area contributed by atoms with Gasteiger partial charge in [-0.15, -0.1) is 0 Å². The maximum Gasteiger partial charge on any atom is 0.246 e. The van der Waals surface area contributed by atoms with Crippen LogP contribution in [0.15, 0.2) is 47.4 Å². The lowest BCUT2D eigenvalue weighted by Gasteiger charge is -2.34. The number of benzene rings is 2. The molecule has 1 saturated heterocycles. The Morgan fingerprint density at radius 2 is 1.72 bits per heavy atom. The molecule has 7 nitrogen and oxygen atoms in total. The fourth-order valence-corrected chi connectivity index (χ4v) is 4.73. The number of carbonyl (C=O) groups is 1. The van der Waals surface area contributed by atoms with Crippen LogP contribution >= 0.6 is 0 Å². The third-order valence-corrected chi connectivity index (χ3v) is 6.81. The monoisotopic (exact) mass is 422 g/mol. The Bertz CT molecular complexity index is 988. The minimum Gasteiger partial charge on any atom is -0.497 e. The first kappa shape index (κ1) is 21.1. The topological polar surface area (TPSA) is 76.2 Å². The molecule has 1 aliphatic rings. The summed E-state index contributed by atoms with van der Waals surface area (Å²) in [6.07, 6.45) is 0.132. The summed E-state index contributed by atoms with van der Waals surface area (Å²) < 4.78 is 51.0. The average Bonchev–Trinajstić information content (AvgIpc) is 2.74. The molecule has 29 heavy (non-hydrogen) atoms. The summed E-state index contributed by atoms with van der Waals surface area (Å²) in [5.41, 5.74) is 0.722. The number of rotatable bonds is 6. The Labute approximate surface area is 169 Å². The first-order valence-electron chi connectivity index (χ1n) is 9.10. The van der Waals surface area contributed by atoms with Crippen LogP contribution in [0.2, 0.25) is 0 Å². The lowest BCUT2D eigenvalue weighted by molar-refractivity contribution is -0.131. The van der Waals surface area contributed by atoms with Crippen molar-refractivity contribution >= 4 is 15.9 Å². The van der Waals surface area contributed by atoms with E-state index in [1.54, 1.807) is 30.2 Å². The molecule has 1 heterocycles. The van der Waals surface area contributed by atoms with Crippen molar-refractivity contribution in [1.29, 1.82) is 0 Å². The van der Waals surface area contributed by atoms with Gasteiger partial charge in [-0.1, -0.05) is 18.2 Å². The fourth-order valence-electron chi connectivity index (χ4n) is 3.24. The van der Waals surface area contributed by atoms with Gasteiger partial charge in [0.15, 0.2) is 0 Å². The molecule has 0 bridgehead atoms. The van der Waals surface area contributed by atoms with Gasteiger partial charge in [0.05, 0.1) is 20.6 Å². The molecule has 1 amide bonds. The van der Waals surface area contributed by atoms with Gasteiger partial charge in [0.2, 0.25) is 15.9 Å². The predicted octanol–water partition coefficient (Wildman–Crippen LogP) is 1.92. The number of halogens is 1. The van der Waals surface area contributed by atoms with E-state index in [-0.39, 0.29) is 43.4 Å². The molecular weight excluding hydrogens is 399 g/mol. The van der Waals surface area contributed by atoms with Crippen molar-refractivity contribution in [3.63, 3.8) is 0 Å². The molecule has 1 aliphatic heterocycles. The number of hydrogen-bond acceptors (Lipinski definition) is 5. The van der Waals surface area contributed by atoms with Gasteiger partial charge >= 0.3 is 0 Å². The highest BCUT2D eigenvalue weighted by molar-refractivity contribution is 7.89. The number of carbonyl (C=O) groups excluding carboxylic acids is 1. The summed E-state index contributed by atoms with van der Waals surface area (Å²) in [5.74, 6) is 0.275. The van der Waals surface area contributed by atoms with Gasteiger partial charge < -0.3 is 14.4 Å². The van der Waals surface area contributed by atoms with E-state index < -0.39 is 15.8 Å². The van der Waals surface area contributed by atoms with Gasteiger partial charge in [-0.25, -0.2) is 12.8 Å². The maximum atomic E-state index is 13.9. The number of nitrogens with zero attached hydrogens (tertiary/aromatic N) is 2. The molecule has 0 spiro atoms. The molecule has 156 valence electrons. The molecule has 0 atom stereocenters. The van der Waals surface area contributed by atoms with Crippen molar-refractivity contribution in [2.75, 3.05) is 40.4 Å². The average molecular weight is 422 g/mol. The van der Waals surface area contributed by atoms with Crippen LogP contribution in [-0.2, 0) is 21.2 Å². The van der Waals surface area contributed by atoms with E-state index in [9.17, 15) is 17.6 Å². The zero-order chi connectivity index (χ0) is 21.0. The van der Waals surface area contributed by atoms with Gasteiger partial charge in [0, 0.05) is 37.8 Å². The van der Waals surface area contributed by atoms with Crippen LogP contribution in [0.1, 0.15) is 5.56 Å². The van der Waals surface area contributed by atoms with Crippen molar-refractivity contribution in [1.82, 2.24) is 9.21 Å². The first-order valence-corrected chi connectivity index (χ1v) is 10.5. The van der Waals surface area contributed by atoms with Gasteiger partial charge in [-0.05, 0) is 18.2 Å². The Kier molecular flexibility index (Phi) is 6.39. The van der Waals surface area contributed by atoms with Crippen molar-refractivity contribution in [3.05, 3.63) is 53.8 Å². The third-order valence-electron chi connectivity index (χ3n) is 4.88. The quantitative estimate of drug-likeness (QED) is 0.711. The van der Waals surface area contributed by atoms with Crippen LogP contribution in [0, 0.1) is 5.82 Å². The highest BCUT2D eigenvalue weighted by Gasteiger charge is 2.31. The Morgan fingerprint density at radius 1 is 1.03 bits per heavy atom. The normalized spacial score (nSPS) is 15.2. The number of methoxy groups -OCH3 is 2. The van der Waals surface area contributed by atoms with Gasteiger partial charge in [-0.2, -0.15) is 4.31 Å². The molecule has 1 fully saturated rings. The number of piperazine rings is 1. The van der Waals surface area contributed by atoms with E-state index in [1.165, 1.54) is 29.6 Å². The van der Waals surface area contributed by atoms with Crippen LogP contribution in [0.4, 0.5) is 4.39 Å². The van der Waals surface area contributed by atoms with Crippen LogP contribution in [-0.4, -0.2) is 63.9 Å². The van der Waals surface area contributed by atoms with Crippen LogP contribution in [0.5, 0.6) is 11.5 Å². The zero-order valence-corrected chi connectivity index (χ0v) is 17.1. The molecule has 2 aromatic rings. The smallest absolute Gasteiger partial charge is 0.246 e. The van der Waals surface area contributed by atoms with Crippen molar-refractivity contribution in [2.24, 2.45) is 0 Å². The second kappa shape index (κ2) is 8.79. The van der Waals surface area contributed by atoms with Gasteiger partial charge in [0.1, 0.15) is 22.2 Å². The molecule has 0 N–H and O–H groups in total. The number of ether oxygens (including phenoxy) is 2. The molecule has 9 heteroatoms. The van der Waals surface area contributed by atoms with E-state index in [0.29, 0.717) is 11.5 Å². The van der Waals surface area contributed by atoms with Crippen molar-refractivity contribution in [3.8, 4) is 11.5 Å². The highest BCUT2D eigenvalue weighted by atomic mass is 32.2. The number of hydrogen-bond donors (Lipinski definition) is 0. The van der Waals surface area contributed by atoms with Gasteiger partial charge in [-0.3, -0.25) is 4.79 Å². The minimum atomic E-state index is -3.93. The zero-order valence-electron chi connectivity index (χ0n) is 16.3. The summed E-state index contributed by atoms with van der Waals surface area (Å²) in [6.45, 7) is 0.709. The van der Waals surface area contributed by atoms with Gasteiger partial charge in [0.25, 0.3) is 0 Å². The molecule has 0 saturated carbocycles. The lowest BCUT2D eigenvalue weighted by atomic mass is 10.1. The molecule has 3 rings (SSSR count). The molecule has 2 aromatic carbocycles. The largest absolute Gasteiger partial charge is 0.497 e. The molecule has 0 aliphatic carbocycles. The Hall–Kier alpha value is -2.65. The van der Waals surface area contributed by atoms with Crippen molar-refractivity contribution in [2.45, 2.75) is 11.3 Å². The molecular formula is C20H23FN2O5S. The molecule has 0 radical (unpaired) electrons. The van der Waals surface area contributed by atoms with E-state index >= 15 is 0 Å². The summed E-state index contributed by atoms with van der Waals surface area (Å²) >= 11 is 0. The highest BCUT2D eigenvalue weighted by Crippen LogP contribution is 2.26. The van der Waals surface area contributed by atoms with Crippen LogP contribution in [0.25, 0.3) is 0 Å². The number of sulfonamides is 1. The first-order chi connectivity index (χ1) is 13.9. The van der Waals surface area contributed by atoms with E-state index in [4.69, 9.17) is 9.47 Å². The summed E-state index contributed by atoms with van der Waals surface area (Å²) in [5, 5.41) is 0. The summed E-state index contributed by atoms with van der Waals surface area (Å²) in [6, 6.07) is 10.5.